The number of nitrogens with one attached hydrogen (secondary N) is 2. The number of fused-ring (bicyclic) bond motifs is 1. The van der Waals surface area contributed by atoms with Gasteiger partial charge in [0.05, 0.1) is 12.1 Å². The van der Waals surface area contributed by atoms with Gasteiger partial charge in [-0.05, 0) is 12.8 Å². The van der Waals surface area contributed by atoms with Crippen molar-refractivity contribution in [2.45, 2.75) is 31.2 Å². The van der Waals surface area contributed by atoms with E-state index < -0.39 is 5.54 Å². The Morgan fingerprint density at radius 3 is 2.64 bits per heavy atom. The molecule has 25 heavy (non-hydrogen) atoms. The lowest BCUT2D eigenvalue weighted by atomic mass is 9.99. The lowest BCUT2D eigenvalue weighted by molar-refractivity contribution is 0.213. The molecule has 0 saturated heterocycles. The number of aromatic nitrogens is 4. The minimum Gasteiger partial charge on any atom is -0.394 e. The highest BCUT2D eigenvalue weighted by molar-refractivity contribution is 5.76. The van der Waals surface area contributed by atoms with Crippen LogP contribution in [0.3, 0.4) is 0 Å². The molecule has 1 aromatic carbocycles. The Hall–Kier alpha value is -2.67. The number of anilines is 1. The minimum absolute atomic E-state index is 0.0245. The molecule has 0 unspecified atom stereocenters. The van der Waals surface area contributed by atoms with E-state index in [1.807, 2.05) is 30.3 Å². The van der Waals surface area contributed by atoms with Crippen molar-refractivity contribution in [3.05, 3.63) is 40.7 Å². The fourth-order valence-electron chi connectivity index (χ4n) is 3.49. The van der Waals surface area contributed by atoms with E-state index in [0.29, 0.717) is 22.9 Å². The Morgan fingerprint density at radius 1 is 1.24 bits per heavy atom. The lowest BCUT2D eigenvalue weighted by Gasteiger charge is -2.29. The third kappa shape index (κ3) is 2.70. The van der Waals surface area contributed by atoms with Crippen LogP contribution in [0.4, 0.5) is 5.95 Å². The molecule has 3 N–H and O–H groups in total. The van der Waals surface area contributed by atoms with Crippen LogP contribution < -0.4 is 10.9 Å². The van der Waals surface area contributed by atoms with Crippen molar-refractivity contribution in [1.29, 1.82) is 0 Å². The zero-order chi connectivity index (χ0) is 17.4. The van der Waals surface area contributed by atoms with Crippen molar-refractivity contribution in [3.8, 4) is 11.4 Å². The van der Waals surface area contributed by atoms with E-state index in [1.54, 1.807) is 7.05 Å². The number of benzene rings is 1. The van der Waals surface area contributed by atoms with Crippen LogP contribution in [0.5, 0.6) is 0 Å². The van der Waals surface area contributed by atoms with Crippen molar-refractivity contribution < 1.29 is 5.11 Å². The van der Waals surface area contributed by atoms with Gasteiger partial charge in [-0.2, -0.15) is 4.98 Å². The summed E-state index contributed by atoms with van der Waals surface area (Å²) in [5.41, 5.74) is 1.09. The molecule has 0 aliphatic heterocycles. The van der Waals surface area contributed by atoms with Gasteiger partial charge in [0, 0.05) is 12.6 Å². The zero-order valence-corrected chi connectivity index (χ0v) is 14.1. The second-order valence-corrected chi connectivity index (χ2v) is 6.72. The summed E-state index contributed by atoms with van der Waals surface area (Å²) in [6.07, 6.45) is 3.86. The van der Waals surface area contributed by atoms with Crippen LogP contribution in [0.1, 0.15) is 25.7 Å². The van der Waals surface area contributed by atoms with Crippen molar-refractivity contribution in [2.24, 2.45) is 7.05 Å². The van der Waals surface area contributed by atoms with Crippen LogP contribution in [-0.2, 0) is 7.05 Å². The Balaban J connectivity index is 1.79. The lowest BCUT2D eigenvalue weighted by Crippen LogP contribution is -2.41. The standard InChI is InChI=1S/C18H21N5O2/c1-23-16(25)13-15(20-14(19-13)12-7-3-2-4-8-12)21-17(23)22-18(11-24)9-5-6-10-18/h2-4,7-8,24H,5-6,9-11H2,1H3,(H,19,20)(H,21,22). The molecule has 7 nitrogen and oxygen atoms in total. The number of rotatable bonds is 4. The van der Waals surface area contributed by atoms with Crippen LogP contribution in [-0.4, -0.2) is 36.8 Å². The van der Waals surface area contributed by atoms with E-state index in [1.165, 1.54) is 4.57 Å². The zero-order valence-electron chi connectivity index (χ0n) is 14.1. The van der Waals surface area contributed by atoms with Crippen molar-refractivity contribution in [1.82, 2.24) is 19.5 Å². The minimum atomic E-state index is -0.399. The molecule has 1 aliphatic rings. The van der Waals surface area contributed by atoms with Gasteiger partial charge in [-0.1, -0.05) is 43.2 Å². The van der Waals surface area contributed by atoms with Gasteiger partial charge in [0.2, 0.25) is 5.95 Å². The number of aliphatic hydroxyl groups excluding tert-OH is 1. The smallest absolute Gasteiger partial charge is 0.280 e. The maximum atomic E-state index is 12.7. The van der Waals surface area contributed by atoms with Crippen molar-refractivity contribution >= 4 is 17.1 Å². The summed E-state index contributed by atoms with van der Waals surface area (Å²) in [5, 5.41) is 13.1. The summed E-state index contributed by atoms with van der Waals surface area (Å²) in [6, 6.07) is 9.64. The molecular formula is C18H21N5O2. The first-order chi connectivity index (χ1) is 12.1. The molecule has 1 fully saturated rings. The van der Waals surface area contributed by atoms with E-state index in [0.717, 1.165) is 31.2 Å². The second kappa shape index (κ2) is 6.00. The van der Waals surface area contributed by atoms with Gasteiger partial charge in [-0.15, -0.1) is 0 Å². The highest BCUT2D eigenvalue weighted by Gasteiger charge is 2.34. The SMILES string of the molecule is Cn1c(NC2(CO)CCCC2)nc2nc(-c3ccccc3)[nH]c2c1=O. The first kappa shape index (κ1) is 15.8. The summed E-state index contributed by atoms with van der Waals surface area (Å²) in [4.78, 5) is 24.8. The molecule has 1 aliphatic carbocycles. The molecule has 2 aromatic heterocycles. The Labute approximate surface area is 144 Å². The molecular weight excluding hydrogens is 318 g/mol. The molecule has 4 rings (SSSR count). The predicted molar refractivity (Wildman–Crippen MR) is 96.5 cm³/mol. The number of hydrogen-bond acceptors (Lipinski definition) is 5. The fourth-order valence-corrected chi connectivity index (χ4v) is 3.49. The van der Waals surface area contributed by atoms with Crippen LogP contribution in [0.15, 0.2) is 35.1 Å². The number of imidazole rings is 1. The average molecular weight is 339 g/mol. The molecule has 0 radical (unpaired) electrons. The highest BCUT2D eigenvalue weighted by atomic mass is 16.3. The molecule has 1 saturated carbocycles. The summed E-state index contributed by atoms with van der Waals surface area (Å²) >= 11 is 0. The Kier molecular flexibility index (Phi) is 3.80. The van der Waals surface area contributed by atoms with E-state index in [4.69, 9.17) is 0 Å². The molecule has 0 amide bonds. The monoisotopic (exact) mass is 339 g/mol. The largest absolute Gasteiger partial charge is 0.394 e. The summed E-state index contributed by atoms with van der Waals surface area (Å²) < 4.78 is 1.48. The van der Waals surface area contributed by atoms with Crippen LogP contribution >= 0.6 is 0 Å². The van der Waals surface area contributed by atoms with Gasteiger partial charge < -0.3 is 15.4 Å². The van der Waals surface area contributed by atoms with E-state index in [-0.39, 0.29) is 12.2 Å². The van der Waals surface area contributed by atoms with Crippen LogP contribution in [0, 0.1) is 0 Å². The highest BCUT2D eigenvalue weighted by Crippen LogP contribution is 2.32. The third-order valence-electron chi connectivity index (χ3n) is 5.02. The summed E-state index contributed by atoms with van der Waals surface area (Å²) in [5.74, 6) is 1.06. The second-order valence-electron chi connectivity index (χ2n) is 6.72. The Morgan fingerprint density at radius 2 is 1.96 bits per heavy atom. The predicted octanol–water partition coefficient (Wildman–Crippen LogP) is 2.04. The number of H-pyrrole nitrogens is 1. The number of aliphatic hydroxyl groups is 1. The van der Waals surface area contributed by atoms with Crippen molar-refractivity contribution in [2.75, 3.05) is 11.9 Å². The molecule has 0 atom stereocenters. The first-order valence-corrected chi connectivity index (χ1v) is 8.53. The molecule has 7 heteroatoms. The normalized spacial score (nSPS) is 16.4. The quantitative estimate of drug-likeness (QED) is 0.676. The number of aromatic amines is 1. The van der Waals surface area contributed by atoms with Gasteiger partial charge in [-0.25, -0.2) is 4.98 Å². The van der Waals surface area contributed by atoms with E-state index in [2.05, 4.69) is 20.3 Å². The summed E-state index contributed by atoms with van der Waals surface area (Å²) in [6.45, 7) is 0.0245. The maximum Gasteiger partial charge on any atom is 0.280 e. The number of nitrogens with zero attached hydrogens (tertiary/aromatic N) is 3. The maximum absolute atomic E-state index is 12.7. The van der Waals surface area contributed by atoms with Gasteiger partial charge in [-0.3, -0.25) is 9.36 Å². The van der Waals surface area contributed by atoms with Gasteiger partial charge in [0.15, 0.2) is 11.2 Å². The van der Waals surface area contributed by atoms with Gasteiger partial charge in [0.1, 0.15) is 5.82 Å². The molecule has 0 bridgehead atoms. The van der Waals surface area contributed by atoms with Crippen molar-refractivity contribution in [3.63, 3.8) is 0 Å². The van der Waals surface area contributed by atoms with E-state index >= 15 is 0 Å². The number of hydrogen-bond donors (Lipinski definition) is 3. The van der Waals surface area contributed by atoms with Gasteiger partial charge >= 0.3 is 0 Å². The topological polar surface area (TPSA) is 95.8 Å². The molecule has 2 heterocycles. The third-order valence-corrected chi connectivity index (χ3v) is 5.02. The molecule has 3 aromatic rings. The fraction of sp³-hybridized carbons (Fsp3) is 0.389. The van der Waals surface area contributed by atoms with Gasteiger partial charge in [0.25, 0.3) is 5.56 Å². The summed E-state index contributed by atoms with van der Waals surface area (Å²) in [7, 11) is 1.68. The van der Waals surface area contributed by atoms with Crippen LogP contribution in [0.25, 0.3) is 22.6 Å². The molecule has 0 spiro atoms. The molecule has 130 valence electrons. The first-order valence-electron chi connectivity index (χ1n) is 8.53. The Bertz CT molecular complexity index is 955. The average Bonchev–Trinajstić information content (AvgIpc) is 3.28. The van der Waals surface area contributed by atoms with E-state index in [9.17, 15) is 9.90 Å². The van der Waals surface area contributed by atoms with Crippen LogP contribution in [0.2, 0.25) is 0 Å².